The number of allylic oxidation sites excluding steroid dienone is 2. The van der Waals surface area contributed by atoms with E-state index in [1.54, 1.807) is 37.3 Å². The SMILES string of the molecule is CCN(CCO)c1ccc(/C=C/c2ccc(/C=C/C3=C(C#N)C(=C(C#N)C#N)OC3(C)C)s2)cc1. The minimum absolute atomic E-state index is 0.0430. The van der Waals surface area contributed by atoms with E-state index < -0.39 is 5.60 Å². The highest BCUT2D eigenvalue weighted by molar-refractivity contribution is 7.13. The van der Waals surface area contributed by atoms with Gasteiger partial charge in [0.05, 0.1) is 6.61 Å². The van der Waals surface area contributed by atoms with Crippen LogP contribution < -0.4 is 4.90 Å². The largest absolute Gasteiger partial charge is 0.480 e. The molecule has 176 valence electrons. The second-order valence-electron chi connectivity index (χ2n) is 8.24. The lowest BCUT2D eigenvalue weighted by Crippen LogP contribution is -2.25. The Morgan fingerprint density at radius 1 is 1.00 bits per heavy atom. The molecule has 0 radical (unpaired) electrons. The predicted molar refractivity (Wildman–Crippen MR) is 140 cm³/mol. The summed E-state index contributed by atoms with van der Waals surface area (Å²) in [5.74, 6) is 0.0430. The minimum Gasteiger partial charge on any atom is -0.480 e. The van der Waals surface area contributed by atoms with Crippen LogP contribution in [0.3, 0.4) is 0 Å². The molecular weight excluding hydrogens is 456 g/mol. The van der Waals surface area contributed by atoms with E-state index in [4.69, 9.17) is 4.74 Å². The first-order chi connectivity index (χ1) is 16.9. The Morgan fingerprint density at radius 3 is 2.17 bits per heavy atom. The molecule has 0 fully saturated rings. The van der Waals surface area contributed by atoms with Crippen molar-refractivity contribution in [2.75, 3.05) is 24.6 Å². The number of nitrogens with zero attached hydrogens (tertiary/aromatic N) is 4. The molecule has 0 saturated carbocycles. The summed E-state index contributed by atoms with van der Waals surface area (Å²) >= 11 is 1.61. The quantitative estimate of drug-likeness (QED) is 0.485. The number of nitriles is 3. The van der Waals surface area contributed by atoms with E-state index in [-0.39, 0.29) is 23.5 Å². The van der Waals surface area contributed by atoms with Crippen molar-refractivity contribution in [2.24, 2.45) is 0 Å². The van der Waals surface area contributed by atoms with E-state index in [9.17, 15) is 20.9 Å². The Labute approximate surface area is 210 Å². The van der Waals surface area contributed by atoms with Crippen molar-refractivity contribution < 1.29 is 9.84 Å². The first-order valence-corrected chi connectivity index (χ1v) is 12.0. The molecule has 7 heteroatoms. The standard InChI is InChI=1S/C28H26N4O2S/c1-4-32(15-16-33)22-8-5-20(6-9-22)7-10-23-11-12-24(35-23)13-14-26-25(19-31)27(21(17-29)18-30)34-28(26,2)3/h5-14,33H,4,15-16H2,1-3H3/b10-7+,14-13+. The summed E-state index contributed by atoms with van der Waals surface area (Å²) < 4.78 is 5.80. The number of hydrogen-bond acceptors (Lipinski definition) is 7. The molecule has 0 unspecified atom stereocenters. The summed E-state index contributed by atoms with van der Waals surface area (Å²) in [6.45, 7) is 7.26. The molecule has 0 bridgehead atoms. The van der Waals surface area contributed by atoms with Gasteiger partial charge in [-0.1, -0.05) is 24.3 Å². The van der Waals surface area contributed by atoms with Gasteiger partial charge in [-0.3, -0.25) is 0 Å². The second-order valence-corrected chi connectivity index (χ2v) is 9.39. The molecule has 0 spiro atoms. The summed E-state index contributed by atoms with van der Waals surface area (Å²) in [5, 5.41) is 37.2. The van der Waals surface area contributed by atoms with Crippen molar-refractivity contribution in [2.45, 2.75) is 26.4 Å². The maximum atomic E-state index is 9.65. The topological polar surface area (TPSA) is 104 Å². The summed E-state index contributed by atoms with van der Waals surface area (Å²) in [4.78, 5) is 4.20. The van der Waals surface area contributed by atoms with E-state index >= 15 is 0 Å². The fourth-order valence-electron chi connectivity index (χ4n) is 3.76. The van der Waals surface area contributed by atoms with E-state index in [0.29, 0.717) is 12.1 Å². The van der Waals surface area contributed by atoms with E-state index in [1.165, 1.54) is 0 Å². The van der Waals surface area contributed by atoms with Crippen LogP contribution in [0.25, 0.3) is 18.2 Å². The number of aliphatic hydroxyl groups excluding tert-OH is 1. The smallest absolute Gasteiger partial charge is 0.172 e. The number of likely N-dealkylation sites (N-methyl/N-ethyl adjacent to an activating group) is 1. The average Bonchev–Trinajstić information content (AvgIpc) is 3.41. The normalized spacial score (nSPS) is 14.6. The fourth-order valence-corrected chi connectivity index (χ4v) is 4.58. The molecule has 0 aliphatic carbocycles. The molecule has 6 nitrogen and oxygen atoms in total. The maximum Gasteiger partial charge on any atom is 0.172 e. The van der Waals surface area contributed by atoms with Gasteiger partial charge >= 0.3 is 0 Å². The van der Waals surface area contributed by atoms with Crippen LogP contribution >= 0.6 is 11.3 Å². The van der Waals surface area contributed by atoms with Gasteiger partial charge in [0, 0.05) is 34.1 Å². The zero-order valence-corrected chi connectivity index (χ0v) is 20.8. The summed E-state index contributed by atoms with van der Waals surface area (Å²) in [6.07, 6.45) is 7.84. The van der Waals surface area contributed by atoms with Crippen LogP contribution in [-0.4, -0.2) is 30.4 Å². The second kappa shape index (κ2) is 11.4. The predicted octanol–water partition coefficient (Wildman–Crippen LogP) is 5.68. The Kier molecular flexibility index (Phi) is 8.29. The summed E-state index contributed by atoms with van der Waals surface area (Å²) in [6, 6.07) is 17.9. The molecule has 2 aromatic rings. The number of anilines is 1. The first-order valence-electron chi connectivity index (χ1n) is 11.2. The third kappa shape index (κ3) is 5.89. The number of rotatable bonds is 8. The molecule has 2 heterocycles. The molecule has 1 aliphatic rings. The van der Waals surface area contributed by atoms with Gasteiger partial charge < -0.3 is 14.7 Å². The van der Waals surface area contributed by atoms with Gasteiger partial charge in [0.25, 0.3) is 0 Å². The summed E-state index contributed by atoms with van der Waals surface area (Å²) in [7, 11) is 0. The zero-order chi connectivity index (χ0) is 25.4. The van der Waals surface area contributed by atoms with Crippen molar-refractivity contribution in [1.29, 1.82) is 15.8 Å². The Balaban J connectivity index is 1.78. The number of hydrogen-bond donors (Lipinski definition) is 1. The van der Waals surface area contributed by atoms with Crippen LogP contribution in [-0.2, 0) is 4.74 Å². The minimum atomic E-state index is -0.827. The molecular formula is C28H26N4O2S. The van der Waals surface area contributed by atoms with Crippen LogP contribution in [0.4, 0.5) is 5.69 Å². The van der Waals surface area contributed by atoms with Gasteiger partial charge in [-0.05, 0) is 62.8 Å². The first kappa shape index (κ1) is 25.5. The van der Waals surface area contributed by atoms with Crippen molar-refractivity contribution >= 4 is 35.3 Å². The monoisotopic (exact) mass is 482 g/mol. The Hall–Kier alpha value is -4.09. The van der Waals surface area contributed by atoms with Crippen LogP contribution in [0.1, 0.15) is 36.1 Å². The number of ether oxygens (including phenoxy) is 1. The average molecular weight is 483 g/mol. The molecule has 35 heavy (non-hydrogen) atoms. The highest BCUT2D eigenvalue weighted by atomic mass is 32.1. The van der Waals surface area contributed by atoms with Gasteiger partial charge in [0.2, 0.25) is 0 Å². The van der Waals surface area contributed by atoms with Gasteiger partial charge in [-0.2, -0.15) is 15.8 Å². The summed E-state index contributed by atoms with van der Waals surface area (Å²) in [5.41, 5.74) is 1.98. The van der Waals surface area contributed by atoms with Gasteiger partial charge in [-0.15, -0.1) is 11.3 Å². The molecule has 1 aromatic carbocycles. The van der Waals surface area contributed by atoms with Crippen LogP contribution in [0.2, 0.25) is 0 Å². The Bertz CT molecular complexity index is 1310. The van der Waals surface area contributed by atoms with Gasteiger partial charge in [0.1, 0.15) is 29.4 Å². The van der Waals surface area contributed by atoms with E-state index in [1.807, 2.05) is 24.3 Å². The van der Waals surface area contributed by atoms with Crippen molar-refractivity contribution in [3.05, 3.63) is 80.3 Å². The molecule has 0 saturated heterocycles. The Morgan fingerprint density at radius 2 is 1.63 bits per heavy atom. The third-order valence-corrected chi connectivity index (χ3v) is 6.59. The van der Waals surface area contributed by atoms with E-state index in [2.05, 4.69) is 54.3 Å². The molecule has 1 N–H and O–H groups in total. The third-order valence-electron chi connectivity index (χ3n) is 5.58. The molecule has 0 atom stereocenters. The molecule has 1 aromatic heterocycles. The van der Waals surface area contributed by atoms with Crippen LogP contribution in [0.15, 0.2) is 65.0 Å². The van der Waals surface area contributed by atoms with Crippen LogP contribution in [0.5, 0.6) is 0 Å². The highest BCUT2D eigenvalue weighted by Crippen LogP contribution is 2.40. The maximum absolute atomic E-state index is 9.65. The molecule has 1 aliphatic heterocycles. The zero-order valence-electron chi connectivity index (χ0n) is 19.9. The van der Waals surface area contributed by atoms with E-state index in [0.717, 1.165) is 27.5 Å². The van der Waals surface area contributed by atoms with Gasteiger partial charge in [0.15, 0.2) is 11.3 Å². The van der Waals surface area contributed by atoms with Crippen LogP contribution in [0, 0.1) is 34.0 Å². The number of aliphatic hydroxyl groups is 1. The lowest BCUT2D eigenvalue weighted by molar-refractivity contribution is 0.0954. The number of benzene rings is 1. The number of thiophene rings is 1. The van der Waals surface area contributed by atoms with Gasteiger partial charge in [-0.25, -0.2) is 0 Å². The fraction of sp³-hybridized carbons (Fsp3) is 0.250. The van der Waals surface area contributed by atoms with Crippen molar-refractivity contribution in [1.82, 2.24) is 0 Å². The lowest BCUT2D eigenvalue weighted by Gasteiger charge is -2.21. The van der Waals surface area contributed by atoms with Crippen molar-refractivity contribution in [3.63, 3.8) is 0 Å². The highest BCUT2D eigenvalue weighted by Gasteiger charge is 2.38. The molecule has 3 rings (SSSR count). The lowest BCUT2D eigenvalue weighted by atomic mass is 9.94. The molecule has 0 amide bonds. The van der Waals surface area contributed by atoms with Crippen molar-refractivity contribution in [3.8, 4) is 18.2 Å².